The molecule has 0 spiro atoms. The van der Waals surface area contributed by atoms with Crippen molar-refractivity contribution in [3.63, 3.8) is 0 Å². The smallest absolute Gasteiger partial charge is 0.0999 e. The molecule has 1 aliphatic carbocycles. The number of ether oxygens (including phenoxy) is 1. The third-order valence-corrected chi connectivity index (χ3v) is 4.33. The summed E-state index contributed by atoms with van der Waals surface area (Å²) < 4.78 is 7.86. The molecule has 2 aliphatic rings. The van der Waals surface area contributed by atoms with Crippen molar-refractivity contribution in [2.24, 2.45) is 0 Å². The molecule has 1 aliphatic heterocycles. The van der Waals surface area contributed by atoms with Crippen LogP contribution in [0.3, 0.4) is 0 Å². The van der Waals surface area contributed by atoms with Gasteiger partial charge >= 0.3 is 0 Å². The zero-order valence-electron chi connectivity index (χ0n) is 11.8. The van der Waals surface area contributed by atoms with Crippen LogP contribution in [0.25, 0.3) is 0 Å². The largest absolute Gasteiger partial charge is 0.376 e. The van der Waals surface area contributed by atoms with E-state index in [1.165, 1.54) is 37.8 Å². The highest BCUT2D eigenvalue weighted by Crippen LogP contribution is 2.35. The average Bonchev–Trinajstić information content (AvgIpc) is 3.11. The van der Waals surface area contributed by atoms with Crippen LogP contribution in [0.15, 0.2) is 0 Å². The van der Waals surface area contributed by atoms with Crippen LogP contribution in [0.5, 0.6) is 0 Å². The molecule has 5 nitrogen and oxygen atoms in total. The molecule has 1 aromatic heterocycles. The molecular weight excluding hydrogens is 240 g/mol. The molecule has 1 N–H and O–H groups in total. The highest BCUT2D eigenvalue weighted by atomic mass is 16.5. The predicted octanol–water partition coefficient (Wildman–Crippen LogP) is 1.83. The first-order valence-corrected chi connectivity index (χ1v) is 7.57. The van der Waals surface area contributed by atoms with Gasteiger partial charge in [0.15, 0.2) is 0 Å². The Labute approximate surface area is 114 Å². The lowest BCUT2D eigenvalue weighted by atomic mass is 10.0. The summed E-state index contributed by atoms with van der Waals surface area (Å²) >= 11 is 0. The summed E-state index contributed by atoms with van der Waals surface area (Å²) in [6.07, 6.45) is 7.94. The van der Waals surface area contributed by atoms with E-state index in [9.17, 15) is 0 Å². The van der Waals surface area contributed by atoms with Crippen molar-refractivity contribution < 1.29 is 4.74 Å². The van der Waals surface area contributed by atoms with E-state index in [-0.39, 0.29) is 0 Å². The second-order valence-electron chi connectivity index (χ2n) is 5.75. The zero-order valence-corrected chi connectivity index (χ0v) is 11.8. The summed E-state index contributed by atoms with van der Waals surface area (Å²) in [6, 6.07) is 0. The Morgan fingerprint density at radius 3 is 2.79 bits per heavy atom. The van der Waals surface area contributed by atoms with Crippen LogP contribution in [0.2, 0.25) is 0 Å². The van der Waals surface area contributed by atoms with Gasteiger partial charge in [-0.2, -0.15) is 0 Å². The van der Waals surface area contributed by atoms with Crippen LogP contribution in [0.1, 0.15) is 55.8 Å². The van der Waals surface area contributed by atoms with Gasteiger partial charge in [0, 0.05) is 19.1 Å². The molecule has 3 rings (SSSR count). The Bertz CT molecular complexity index is 406. The Morgan fingerprint density at radius 2 is 2.11 bits per heavy atom. The van der Waals surface area contributed by atoms with Crippen molar-refractivity contribution in [1.82, 2.24) is 20.3 Å². The van der Waals surface area contributed by atoms with Gasteiger partial charge in [0.25, 0.3) is 0 Å². The van der Waals surface area contributed by atoms with E-state index in [0.29, 0.717) is 12.0 Å². The van der Waals surface area contributed by atoms with Crippen molar-refractivity contribution in [2.75, 3.05) is 13.7 Å². The Morgan fingerprint density at radius 1 is 1.26 bits per heavy atom. The van der Waals surface area contributed by atoms with E-state index >= 15 is 0 Å². The van der Waals surface area contributed by atoms with Crippen LogP contribution >= 0.6 is 0 Å². The number of rotatable bonds is 5. The Balaban J connectivity index is 1.80. The van der Waals surface area contributed by atoms with Crippen molar-refractivity contribution in [2.45, 2.75) is 63.6 Å². The Hall–Kier alpha value is -0.940. The van der Waals surface area contributed by atoms with Crippen molar-refractivity contribution in [3.05, 3.63) is 11.4 Å². The molecule has 0 amide bonds. The van der Waals surface area contributed by atoms with E-state index in [4.69, 9.17) is 4.74 Å². The number of hydrogen-bond donors (Lipinski definition) is 1. The quantitative estimate of drug-likeness (QED) is 0.881. The van der Waals surface area contributed by atoms with Crippen molar-refractivity contribution in [1.29, 1.82) is 0 Å². The van der Waals surface area contributed by atoms with Crippen LogP contribution in [0, 0.1) is 0 Å². The van der Waals surface area contributed by atoms with Gasteiger partial charge in [-0.3, -0.25) is 0 Å². The molecule has 0 bridgehead atoms. The van der Waals surface area contributed by atoms with Crippen molar-refractivity contribution >= 4 is 0 Å². The summed E-state index contributed by atoms with van der Waals surface area (Å²) in [5, 5.41) is 12.0. The van der Waals surface area contributed by atoms with Crippen LogP contribution in [-0.2, 0) is 17.8 Å². The normalized spacial score (nSPS) is 24.4. The van der Waals surface area contributed by atoms with E-state index in [2.05, 4.69) is 20.3 Å². The summed E-state index contributed by atoms with van der Waals surface area (Å²) in [5.41, 5.74) is 2.50. The maximum Gasteiger partial charge on any atom is 0.0999 e. The number of nitrogens with one attached hydrogen (secondary N) is 1. The van der Waals surface area contributed by atoms with E-state index in [0.717, 1.165) is 31.8 Å². The molecule has 19 heavy (non-hydrogen) atoms. The molecule has 1 saturated heterocycles. The fourth-order valence-electron chi connectivity index (χ4n) is 3.41. The average molecular weight is 264 g/mol. The third-order valence-electron chi connectivity index (χ3n) is 4.33. The van der Waals surface area contributed by atoms with Gasteiger partial charge in [0.1, 0.15) is 0 Å². The SMILES string of the molecule is CNCc1nnn(CC2CCCO2)c1C1CCCC1. The minimum atomic E-state index is 0.337. The van der Waals surface area contributed by atoms with Gasteiger partial charge in [-0.25, -0.2) is 4.68 Å². The highest BCUT2D eigenvalue weighted by Gasteiger charge is 2.27. The summed E-state index contributed by atoms with van der Waals surface area (Å²) in [7, 11) is 1.97. The van der Waals surface area contributed by atoms with Gasteiger partial charge in [-0.05, 0) is 32.7 Å². The molecule has 0 radical (unpaired) electrons. The standard InChI is InChI=1S/C14H24N4O/c1-15-9-13-14(11-5-2-3-6-11)18(17-16-13)10-12-7-4-8-19-12/h11-12,15H,2-10H2,1H3. The van der Waals surface area contributed by atoms with Crippen molar-refractivity contribution in [3.8, 4) is 0 Å². The maximum atomic E-state index is 5.74. The fraction of sp³-hybridized carbons (Fsp3) is 0.857. The first-order valence-electron chi connectivity index (χ1n) is 7.57. The summed E-state index contributed by atoms with van der Waals surface area (Å²) in [4.78, 5) is 0. The van der Waals surface area contributed by atoms with E-state index in [1.54, 1.807) is 0 Å². The molecule has 0 aromatic carbocycles. The first-order chi connectivity index (χ1) is 9.38. The lowest BCUT2D eigenvalue weighted by molar-refractivity contribution is 0.0924. The van der Waals surface area contributed by atoms with Gasteiger partial charge in [0.05, 0.1) is 24.0 Å². The summed E-state index contributed by atoms with van der Waals surface area (Å²) in [5.74, 6) is 0.653. The molecular formula is C14H24N4O. The zero-order chi connectivity index (χ0) is 13.1. The lowest BCUT2D eigenvalue weighted by Crippen LogP contribution is -2.20. The lowest BCUT2D eigenvalue weighted by Gasteiger charge is -2.16. The number of hydrogen-bond acceptors (Lipinski definition) is 4. The Kier molecular flexibility index (Phi) is 4.13. The number of nitrogens with zero attached hydrogens (tertiary/aromatic N) is 3. The monoisotopic (exact) mass is 264 g/mol. The molecule has 2 heterocycles. The van der Waals surface area contributed by atoms with E-state index in [1.807, 2.05) is 7.05 Å². The molecule has 106 valence electrons. The number of aromatic nitrogens is 3. The van der Waals surface area contributed by atoms with Crippen LogP contribution in [-0.4, -0.2) is 34.8 Å². The predicted molar refractivity (Wildman–Crippen MR) is 73.0 cm³/mol. The second kappa shape index (κ2) is 6.01. The van der Waals surface area contributed by atoms with Gasteiger partial charge in [-0.1, -0.05) is 18.1 Å². The van der Waals surface area contributed by atoms with Gasteiger partial charge < -0.3 is 10.1 Å². The molecule has 1 atom stereocenters. The highest BCUT2D eigenvalue weighted by molar-refractivity contribution is 5.17. The molecule has 1 unspecified atom stereocenters. The molecule has 1 aromatic rings. The van der Waals surface area contributed by atoms with E-state index < -0.39 is 0 Å². The van der Waals surface area contributed by atoms with Crippen LogP contribution < -0.4 is 5.32 Å². The third kappa shape index (κ3) is 2.82. The minimum Gasteiger partial charge on any atom is -0.376 e. The second-order valence-corrected chi connectivity index (χ2v) is 5.75. The van der Waals surface area contributed by atoms with Gasteiger partial charge in [-0.15, -0.1) is 5.10 Å². The fourth-order valence-corrected chi connectivity index (χ4v) is 3.41. The molecule has 1 saturated carbocycles. The summed E-state index contributed by atoms with van der Waals surface area (Å²) in [6.45, 7) is 2.60. The van der Waals surface area contributed by atoms with Crippen LogP contribution in [0.4, 0.5) is 0 Å². The van der Waals surface area contributed by atoms with Gasteiger partial charge in [0.2, 0.25) is 0 Å². The first kappa shape index (κ1) is 13.1. The maximum absolute atomic E-state index is 5.74. The molecule has 5 heteroatoms. The minimum absolute atomic E-state index is 0.337. The molecule has 2 fully saturated rings. The topological polar surface area (TPSA) is 52.0 Å².